The topological polar surface area (TPSA) is 88.5 Å². The van der Waals surface area contributed by atoms with Crippen LogP contribution in [0.15, 0.2) is 29.3 Å². The molecule has 1 unspecified atom stereocenters. The molecule has 0 aliphatic carbocycles. The molecule has 14 heavy (non-hydrogen) atoms. The first-order valence-electron chi connectivity index (χ1n) is 4.03. The third-order valence-electron chi connectivity index (χ3n) is 1.94. The van der Waals surface area contributed by atoms with Gasteiger partial charge in [0.05, 0.1) is 0 Å². The smallest absolute Gasteiger partial charge is 0.209 e. The molecule has 1 aliphatic heterocycles. The van der Waals surface area contributed by atoms with Crippen LogP contribution in [0.25, 0.3) is 0 Å². The highest BCUT2D eigenvalue weighted by atomic mass is 35.5. The van der Waals surface area contributed by atoms with Crippen LogP contribution >= 0.6 is 11.6 Å². The van der Waals surface area contributed by atoms with Crippen molar-refractivity contribution in [2.24, 2.45) is 16.5 Å². The third kappa shape index (κ3) is 1.52. The van der Waals surface area contributed by atoms with Gasteiger partial charge in [0.2, 0.25) is 11.7 Å². The largest absolute Gasteiger partial charge is 0.369 e. The van der Waals surface area contributed by atoms with Crippen molar-refractivity contribution in [3.05, 3.63) is 34.9 Å². The Kier molecular flexibility index (Phi) is 2.07. The number of nitrogens with one attached hydrogen (secondary N) is 2. The summed E-state index contributed by atoms with van der Waals surface area (Å²) in [5.74, 6) is -0.776. The second-order valence-electron chi connectivity index (χ2n) is 3.02. The zero-order valence-corrected chi connectivity index (χ0v) is 8.05. The molecule has 0 saturated carbocycles. The van der Waals surface area contributed by atoms with Crippen LogP contribution < -0.4 is 22.3 Å². The zero-order valence-electron chi connectivity index (χ0n) is 7.29. The predicted octanol–water partition coefficient (Wildman–Crippen LogP) is -0.169. The fraction of sp³-hybridized carbons (Fsp3) is 0.125. The van der Waals surface area contributed by atoms with Crippen LogP contribution in [-0.4, -0.2) is 5.96 Å². The maximum absolute atomic E-state index is 5.94. The number of nitrogens with zero attached hydrogens (tertiary/aromatic N) is 1. The standard InChI is InChI=1S/C8H10ClN5/c9-6-3-1-2-5(4-6)8(11)12-7(10)13-14-8/h1-4,14H,11H2,(H3,10,12,13). The summed E-state index contributed by atoms with van der Waals surface area (Å²) in [5, 5.41) is 0.606. The molecule has 0 radical (unpaired) electrons. The van der Waals surface area contributed by atoms with E-state index in [1.54, 1.807) is 18.2 Å². The van der Waals surface area contributed by atoms with Crippen LogP contribution in [0, 0.1) is 0 Å². The SMILES string of the molecule is NC1=NC(N)(c2cccc(Cl)c2)NN1. The lowest BCUT2D eigenvalue weighted by atomic mass is 10.1. The molecule has 0 saturated heterocycles. The van der Waals surface area contributed by atoms with Crippen molar-refractivity contribution in [2.75, 3.05) is 0 Å². The minimum absolute atomic E-state index is 0.257. The van der Waals surface area contributed by atoms with E-state index in [1.165, 1.54) is 0 Å². The molecule has 1 aromatic carbocycles. The van der Waals surface area contributed by atoms with E-state index < -0.39 is 5.79 Å². The van der Waals surface area contributed by atoms with Gasteiger partial charge in [-0.05, 0) is 12.1 Å². The van der Waals surface area contributed by atoms with Gasteiger partial charge in [0, 0.05) is 10.6 Å². The molecule has 0 amide bonds. The average molecular weight is 212 g/mol. The van der Waals surface area contributed by atoms with E-state index in [0.717, 1.165) is 5.56 Å². The first-order valence-corrected chi connectivity index (χ1v) is 4.41. The molecule has 0 spiro atoms. The summed E-state index contributed by atoms with van der Waals surface area (Å²) >= 11 is 5.84. The number of hydrazine groups is 1. The molecule has 1 aromatic rings. The number of hydrogen-bond donors (Lipinski definition) is 4. The van der Waals surface area contributed by atoms with E-state index in [0.29, 0.717) is 5.02 Å². The van der Waals surface area contributed by atoms with Crippen molar-refractivity contribution in [1.29, 1.82) is 0 Å². The molecule has 1 atom stereocenters. The van der Waals surface area contributed by atoms with Crippen LogP contribution in [-0.2, 0) is 5.79 Å². The lowest BCUT2D eigenvalue weighted by Gasteiger charge is -2.20. The van der Waals surface area contributed by atoms with E-state index in [9.17, 15) is 0 Å². The van der Waals surface area contributed by atoms with Gasteiger partial charge in [-0.2, -0.15) is 5.43 Å². The Morgan fingerprint density at radius 2 is 2.21 bits per heavy atom. The first kappa shape index (κ1) is 9.26. The van der Waals surface area contributed by atoms with Gasteiger partial charge in [-0.1, -0.05) is 23.7 Å². The molecule has 2 rings (SSSR count). The van der Waals surface area contributed by atoms with Gasteiger partial charge in [-0.15, -0.1) is 0 Å². The second-order valence-corrected chi connectivity index (χ2v) is 3.46. The Balaban J connectivity index is 2.40. The van der Waals surface area contributed by atoms with E-state index >= 15 is 0 Å². The maximum atomic E-state index is 5.94. The molecule has 0 aromatic heterocycles. The monoisotopic (exact) mass is 211 g/mol. The van der Waals surface area contributed by atoms with E-state index in [2.05, 4.69) is 15.8 Å². The van der Waals surface area contributed by atoms with Gasteiger partial charge in [-0.25, -0.2) is 4.99 Å². The van der Waals surface area contributed by atoms with Crippen molar-refractivity contribution in [1.82, 2.24) is 10.9 Å². The van der Waals surface area contributed by atoms with Gasteiger partial charge in [0.1, 0.15) is 0 Å². The van der Waals surface area contributed by atoms with Crippen LogP contribution in [0.4, 0.5) is 0 Å². The lowest BCUT2D eigenvalue weighted by molar-refractivity contribution is 0.375. The number of hydrogen-bond acceptors (Lipinski definition) is 5. The molecule has 1 heterocycles. The van der Waals surface area contributed by atoms with Gasteiger partial charge in [0.25, 0.3) is 0 Å². The third-order valence-corrected chi connectivity index (χ3v) is 2.18. The van der Waals surface area contributed by atoms with Gasteiger partial charge < -0.3 is 5.73 Å². The van der Waals surface area contributed by atoms with Crippen molar-refractivity contribution < 1.29 is 0 Å². The van der Waals surface area contributed by atoms with Crippen molar-refractivity contribution in [2.45, 2.75) is 5.79 Å². The van der Waals surface area contributed by atoms with E-state index in [1.807, 2.05) is 6.07 Å². The molecular weight excluding hydrogens is 202 g/mol. The summed E-state index contributed by atoms with van der Waals surface area (Å²) in [6.45, 7) is 0. The van der Waals surface area contributed by atoms with Crippen molar-refractivity contribution >= 4 is 17.6 Å². The van der Waals surface area contributed by atoms with Crippen molar-refractivity contribution in [3.8, 4) is 0 Å². The maximum Gasteiger partial charge on any atom is 0.209 e. The Hall–Kier alpha value is -1.30. The number of nitrogens with two attached hydrogens (primary N) is 2. The number of aliphatic imine (C=N–C) groups is 1. The number of rotatable bonds is 1. The Morgan fingerprint density at radius 1 is 1.43 bits per heavy atom. The minimum Gasteiger partial charge on any atom is -0.369 e. The molecule has 6 heteroatoms. The number of guanidine groups is 1. The fourth-order valence-corrected chi connectivity index (χ4v) is 1.46. The summed E-state index contributed by atoms with van der Waals surface area (Å²) in [6, 6.07) is 7.13. The molecule has 0 bridgehead atoms. The number of halogens is 1. The van der Waals surface area contributed by atoms with Crippen LogP contribution in [0.2, 0.25) is 5.02 Å². The van der Waals surface area contributed by atoms with Gasteiger partial charge >= 0.3 is 0 Å². The summed E-state index contributed by atoms with van der Waals surface area (Å²) in [7, 11) is 0. The zero-order chi connectivity index (χ0) is 10.2. The summed E-state index contributed by atoms with van der Waals surface area (Å²) in [5.41, 5.74) is 17.5. The van der Waals surface area contributed by atoms with Crippen LogP contribution in [0.1, 0.15) is 5.56 Å². The van der Waals surface area contributed by atoms with E-state index in [-0.39, 0.29) is 5.96 Å². The normalized spacial score (nSPS) is 25.7. The first-order chi connectivity index (χ1) is 6.60. The molecule has 6 N–H and O–H groups in total. The highest BCUT2D eigenvalue weighted by molar-refractivity contribution is 6.30. The minimum atomic E-state index is -1.03. The number of benzene rings is 1. The highest BCUT2D eigenvalue weighted by Gasteiger charge is 2.31. The van der Waals surface area contributed by atoms with Gasteiger partial charge in [-0.3, -0.25) is 11.2 Å². The van der Waals surface area contributed by atoms with Crippen LogP contribution in [0.5, 0.6) is 0 Å². The second kappa shape index (κ2) is 3.13. The fourth-order valence-electron chi connectivity index (χ4n) is 1.27. The summed E-state index contributed by atoms with van der Waals surface area (Å²) < 4.78 is 0. The molecule has 5 nitrogen and oxygen atoms in total. The quantitative estimate of drug-likeness (QED) is 0.520. The molecule has 1 aliphatic rings. The summed E-state index contributed by atoms with van der Waals surface area (Å²) in [6.07, 6.45) is 0. The molecule has 0 fully saturated rings. The van der Waals surface area contributed by atoms with Gasteiger partial charge in [0.15, 0.2) is 0 Å². The molecule has 74 valence electrons. The highest BCUT2D eigenvalue weighted by Crippen LogP contribution is 2.21. The predicted molar refractivity (Wildman–Crippen MR) is 55.2 cm³/mol. The van der Waals surface area contributed by atoms with Crippen LogP contribution in [0.3, 0.4) is 0 Å². The molecular formula is C8H10ClN5. The average Bonchev–Trinajstić information content (AvgIpc) is 2.48. The summed E-state index contributed by atoms with van der Waals surface area (Å²) in [4.78, 5) is 4.02. The van der Waals surface area contributed by atoms with E-state index in [4.69, 9.17) is 23.1 Å². The van der Waals surface area contributed by atoms with Crippen molar-refractivity contribution in [3.63, 3.8) is 0 Å². The lowest BCUT2D eigenvalue weighted by Crippen LogP contribution is -2.50. The Labute approximate surface area is 86.1 Å². The Bertz CT molecular complexity index is 391. The Morgan fingerprint density at radius 3 is 2.79 bits per heavy atom.